The summed E-state index contributed by atoms with van der Waals surface area (Å²) in [6.45, 7) is 1.90. The molecule has 0 aliphatic carbocycles. The molecule has 1 aliphatic heterocycles. The highest BCUT2D eigenvalue weighted by molar-refractivity contribution is 8.00. The second-order valence-electron chi connectivity index (χ2n) is 3.71. The van der Waals surface area contributed by atoms with Gasteiger partial charge in [-0.25, -0.2) is 0 Å². The van der Waals surface area contributed by atoms with E-state index in [9.17, 15) is 14.4 Å². The lowest BCUT2D eigenvalue weighted by molar-refractivity contribution is -0.147. The fourth-order valence-corrected chi connectivity index (χ4v) is 2.35. The zero-order chi connectivity index (χ0) is 12.1. The number of imide groups is 1. The molecule has 1 saturated heterocycles. The molecule has 0 aromatic carbocycles. The number of amides is 2. The number of rotatable bonds is 5. The quantitative estimate of drug-likeness (QED) is 0.717. The number of carbonyl (C=O) groups is 3. The molecule has 0 spiro atoms. The van der Waals surface area contributed by atoms with Crippen LogP contribution in [0.25, 0.3) is 0 Å². The number of carboxylic acid groups (broad SMARTS) is 1. The molecular weight excluding hydrogens is 230 g/mol. The SMILES string of the molecule is CCCC(CN1C(=O)CSCC1=O)C(=O)O. The summed E-state index contributed by atoms with van der Waals surface area (Å²) < 4.78 is 0. The van der Waals surface area contributed by atoms with Gasteiger partial charge in [0.2, 0.25) is 11.8 Å². The first-order valence-corrected chi connectivity index (χ1v) is 6.35. The van der Waals surface area contributed by atoms with Crippen molar-refractivity contribution in [2.75, 3.05) is 18.1 Å². The summed E-state index contributed by atoms with van der Waals surface area (Å²) in [6.07, 6.45) is 1.21. The molecule has 2 amide bonds. The van der Waals surface area contributed by atoms with Crippen molar-refractivity contribution in [1.82, 2.24) is 4.90 Å². The first-order valence-electron chi connectivity index (χ1n) is 5.20. The van der Waals surface area contributed by atoms with Crippen LogP contribution in [0.15, 0.2) is 0 Å². The van der Waals surface area contributed by atoms with Gasteiger partial charge in [-0.05, 0) is 6.42 Å². The second-order valence-corrected chi connectivity index (χ2v) is 4.70. The van der Waals surface area contributed by atoms with Crippen molar-refractivity contribution >= 4 is 29.5 Å². The van der Waals surface area contributed by atoms with Crippen LogP contribution in [-0.4, -0.2) is 45.8 Å². The Balaban J connectivity index is 2.64. The molecule has 0 aromatic rings. The van der Waals surface area contributed by atoms with Gasteiger partial charge in [0, 0.05) is 6.54 Å². The van der Waals surface area contributed by atoms with Crippen LogP contribution in [0.5, 0.6) is 0 Å². The van der Waals surface area contributed by atoms with E-state index in [0.29, 0.717) is 6.42 Å². The van der Waals surface area contributed by atoms with Gasteiger partial charge in [0.25, 0.3) is 0 Å². The topological polar surface area (TPSA) is 74.7 Å². The maximum absolute atomic E-state index is 11.5. The Hall–Kier alpha value is -1.04. The molecule has 0 aromatic heterocycles. The predicted molar refractivity (Wildman–Crippen MR) is 60.1 cm³/mol. The molecule has 0 radical (unpaired) electrons. The molecule has 0 bridgehead atoms. The summed E-state index contributed by atoms with van der Waals surface area (Å²) in [5.41, 5.74) is 0. The van der Waals surface area contributed by atoms with Crippen molar-refractivity contribution in [3.05, 3.63) is 0 Å². The van der Waals surface area contributed by atoms with E-state index in [2.05, 4.69) is 0 Å². The number of carboxylic acids is 1. The molecule has 1 N–H and O–H groups in total. The number of hydrogen-bond acceptors (Lipinski definition) is 4. The highest BCUT2D eigenvalue weighted by atomic mass is 32.2. The fraction of sp³-hybridized carbons (Fsp3) is 0.700. The van der Waals surface area contributed by atoms with Crippen molar-refractivity contribution in [1.29, 1.82) is 0 Å². The van der Waals surface area contributed by atoms with Gasteiger partial charge in [0.15, 0.2) is 0 Å². The van der Waals surface area contributed by atoms with Gasteiger partial charge in [-0.3, -0.25) is 19.3 Å². The molecule has 90 valence electrons. The van der Waals surface area contributed by atoms with Crippen LogP contribution in [-0.2, 0) is 14.4 Å². The van der Waals surface area contributed by atoms with Crippen molar-refractivity contribution in [2.24, 2.45) is 5.92 Å². The van der Waals surface area contributed by atoms with Gasteiger partial charge in [-0.1, -0.05) is 13.3 Å². The lowest BCUT2D eigenvalue weighted by Gasteiger charge is -2.27. The summed E-state index contributed by atoms with van der Waals surface area (Å²) >= 11 is 1.28. The normalized spacial score (nSPS) is 18.7. The summed E-state index contributed by atoms with van der Waals surface area (Å²) in [5.74, 6) is -1.59. The molecule has 1 atom stereocenters. The van der Waals surface area contributed by atoms with Crippen LogP contribution >= 0.6 is 11.8 Å². The van der Waals surface area contributed by atoms with Gasteiger partial charge in [0.1, 0.15) is 0 Å². The molecule has 1 aliphatic rings. The molecule has 6 heteroatoms. The number of aliphatic carboxylic acids is 1. The lowest BCUT2D eigenvalue weighted by atomic mass is 10.0. The van der Waals surface area contributed by atoms with Gasteiger partial charge in [-0.15, -0.1) is 11.8 Å². The Morgan fingerprint density at radius 3 is 2.44 bits per heavy atom. The van der Waals surface area contributed by atoms with Gasteiger partial charge in [-0.2, -0.15) is 0 Å². The number of hydrogen-bond donors (Lipinski definition) is 1. The highest BCUT2D eigenvalue weighted by Gasteiger charge is 2.30. The maximum atomic E-state index is 11.5. The predicted octanol–water partition coefficient (Wildman–Crippen LogP) is 0.589. The van der Waals surface area contributed by atoms with Crippen molar-refractivity contribution in [3.63, 3.8) is 0 Å². The second kappa shape index (κ2) is 5.89. The molecule has 16 heavy (non-hydrogen) atoms. The van der Waals surface area contributed by atoms with E-state index in [1.807, 2.05) is 6.92 Å². The molecule has 0 saturated carbocycles. The van der Waals surface area contributed by atoms with Crippen LogP contribution < -0.4 is 0 Å². The Kier molecular flexibility index (Phi) is 4.79. The summed E-state index contributed by atoms with van der Waals surface area (Å²) in [5, 5.41) is 8.95. The monoisotopic (exact) mass is 245 g/mol. The Labute approximate surface area is 98.2 Å². The van der Waals surface area contributed by atoms with E-state index in [1.54, 1.807) is 0 Å². The highest BCUT2D eigenvalue weighted by Crippen LogP contribution is 2.16. The van der Waals surface area contributed by atoms with Gasteiger partial charge >= 0.3 is 5.97 Å². The average Bonchev–Trinajstić information content (AvgIpc) is 2.21. The van der Waals surface area contributed by atoms with Crippen LogP contribution in [0, 0.1) is 5.92 Å². The Morgan fingerprint density at radius 2 is 2.00 bits per heavy atom. The number of carbonyl (C=O) groups excluding carboxylic acids is 2. The third-order valence-corrected chi connectivity index (χ3v) is 3.34. The molecule has 1 unspecified atom stereocenters. The Bertz CT molecular complexity index is 289. The maximum Gasteiger partial charge on any atom is 0.308 e. The number of nitrogens with zero attached hydrogens (tertiary/aromatic N) is 1. The molecule has 1 fully saturated rings. The van der Waals surface area contributed by atoms with E-state index in [-0.39, 0.29) is 29.9 Å². The minimum absolute atomic E-state index is 0.0153. The van der Waals surface area contributed by atoms with Gasteiger partial charge < -0.3 is 5.11 Å². The van der Waals surface area contributed by atoms with Crippen LogP contribution in [0.1, 0.15) is 19.8 Å². The zero-order valence-electron chi connectivity index (χ0n) is 9.14. The molecule has 1 rings (SSSR count). The van der Waals surface area contributed by atoms with Crippen molar-refractivity contribution in [3.8, 4) is 0 Å². The van der Waals surface area contributed by atoms with E-state index >= 15 is 0 Å². The number of thioether (sulfide) groups is 1. The van der Waals surface area contributed by atoms with Crippen LogP contribution in [0.4, 0.5) is 0 Å². The largest absolute Gasteiger partial charge is 0.481 e. The first-order chi connectivity index (χ1) is 7.56. The van der Waals surface area contributed by atoms with Crippen molar-refractivity contribution < 1.29 is 19.5 Å². The minimum Gasteiger partial charge on any atom is -0.481 e. The van der Waals surface area contributed by atoms with Crippen LogP contribution in [0.2, 0.25) is 0 Å². The lowest BCUT2D eigenvalue weighted by Crippen LogP contribution is -2.46. The third-order valence-electron chi connectivity index (χ3n) is 2.44. The van der Waals surface area contributed by atoms with E-state index in [4.69, 9.17) is 5.11 Å². The average molecular weight is 245 g/mol. The van der Waals surface area contributed by atoms with Crippen molar-refractivity contribution in [2.45, 2.75) is 19.8 Å². The summed E-state index contributed by atoms with van der Waals surface area (Å²) in [7, 11) is 0. The Morgan fingerprint density at radius 1 is 1.44 bits per heavy atom. The first kappa shape index (κ1) is 13.0. The molecule has 1 heterocycles. The van der Waals surface area contributed by atoms with Crippen LogP contribution in [0.3, 0.4) is 0 Å². The summed E-state index contributed by atoms with van der Waals surface area (Å²) in [6, 6.07) is 0. The fourth-order valence-electron chi connectivity index (χ4n) is 1.59. The van der Waals surface area contributed by atoms with E-state index in [0.717, 1.165) is 11.3 Å². The summed E-state index contributed by atoms with van der Waals surface area (Å²) in [4.78, 5) is 34.9. The molecule has 5 nitrogen and oxygen atoms in total. The zero-order valence-corrected chi connectivity index (χ0v) is 9.96. The third kappa shape index (κ3) is 3.23. The standard InChI is InChI=1S/C10H15NO4S/c1-2-3-7(10(14)15)4-11-8(12)5-16-6-9(11)13/h7H,2-6H2,1H3,(H,14,15). The minimum atomic E-state index is -0.944. The van der Waals surface area contributed by atoms with E-state index < -0.39 is 11.9 Å². The van der Waals surface area contributed by atoms with Gasteiger partial charge in [0.05, 0.1) is 17.4 Å². The molecular formula is C10H15NO4S. The van der Waals surface area contributed by atoms with E-state index in [1.165, 1.54) is 11.8 Å². The smallest absolute Gasteiger partial charge is 0.308 e.